The average Bonchev–Trinajstić information content (AvgIpc) is 2.29. The van der Waals surface area contributed by atoms with Crippen molar-refractivity contribution in [2.24, 2.45) is 11.7 Å². The Bertz CT molecular complexity index is 398. The summed E-state index contributed by atoms with van der Waals surface area (Å²) in [6, 6.07) is 4.38. The molecule has 0 aliphatic rings. The lowest BCUT2D eigenvalue weighted by Gasteiger charge is -2.29. The fourth-order valence-corrected chi connectivity index (χ4v) is 2.42. The molecule has 1 rings (SSSR count). The molecule has 0 radical (unpaired) electrons. The van der Waals surface area contributed by atoms with Crippen LogP contribution in [-0.2, 0) is 4.74 Å². The molecule has 102 valence electrons. The van der Waals surface area contributed by atoms with Crippen molar-refractivity contribution in [1.29, 1.82) is 0 Å². The highest BCUT2D eigenvalue weighted by atomic mass is 16.5. The largest absolute Gasteiger partial charge is 0.376 e. The molecule has 0 fully saturated rings. The molecule has 2 N–H and O–H groups in total. The van der Waals surface area contributed by atoms with Crippen molar-refractivity contribution in [3.05, 3.63) is 34.4 Å². The Morgan fingerprint density at radius 2 is 1.61 bits per heavy atom. The fraction of sp³-hybridized carbons (Fsp3) is 0.625. The van der Waals surface area contributed by atoms with E-state index in [1.807, 2.05) is 6.92 Å². The lowest BCUT2D eigenvalue weighted by molar-refractivity contribution is 0.0120. The molecular formula is C16H27NO. The molecule has 1 aromatic carbocycles. The number of benzene rings is 1. The second-order valence-corrected chi connectivity index (χ2v) is 5.48. The summed E-state index contributed by atoms with van der Waals surface area (Å²) in [4.78, 5) is 0. The fourth-order valence-electron chi connectivity index (χ4n) is 2.42. The Morgan fingerprint density at radius 1 is 1.06 bits per heavy atom. The molecular weight excluding hydrogens is 222 g/mol. The molecule has 0 amide bonds. The minimum Gasteiger partial charge on any atom is -0.376 e. The van der Waals surface area contributed by atoms with Crippen molar-refractivity contribution < 1.29 is 4.74 Å². The van der Waals surface area contributed by atoms with E-state index in [4.69, 9.17) is 10.5 Å². The van der Waals surface area contributed by atoms with E-state index in [0.717, 1.165) is 0 Å². The van der Waals surface area contributed by atoms with Crippen LogP contribution < -0.4 is 5.73 Å². The summed E-state index contributed by atoms with van der Waals surface area (Å²) in [5, 5.41) is 0. The summed E-state index contributed by atoms with van der Waals surface area (Å²) < 4.78 is 5.82. The molecule has 0 aliphatic heterocycles. The smallest absolute Gasteiger partial charge is 0.0790 e. The van der Waals surface area contributed by atoms with Gasteiger partial charge in [-0.2, -0.15) is 0 Å². The monoisotopic (exact) mass is 249 g/mol. The van der Waals surface area contributed by atoms with Gasteiger partial charge in [0, 0.05) is 6.61 Å². The molecule has 0 bridgehead atoms. The summed E-state index contributed by atoms with van der Waals surface area (Å²) in [6.45, 7) is 13.5. The van der Waals surface area contributed by atoms with Crippen molar-refractivity contribution in [3.8, 4) is 0 Å². The van der Waals surface area contributed by atoms with Gasteiger partial charge < -0.3 is 10.5 Å². The van der Waals surface area contributed by atoms with Crippen LogP contribution in [0.15, 0.2) is 12.1 Å². The Labute approximate surface area is 112 Å². The number of rotatable bonds is 5. The summed E-state index contributed by atoms with van der Waals surface area (Å²) >= 11 is 0. The maximum absolute atomic E-state index is 6.42. The van der Waals surface area contributed by atoms with Gasteiger partial charge in [0.15, 0.2) is 0 Å². The lowest BCUT2D eigenvalue weighted by Crippen LogP contribution is -2.34. The van der Waals surface area contributed by atoms with Gasteiger partial charge >= 0.3 is 0 Å². The van der Waals surface area contributed by atoms with E-state index in [0.29, 0.717) is 12.5 Å². The van der Waals surface area contributed by atoms with E-state index in [1.54, 1.807) is 0 Å². The SMILES string of the molecule is CCOC(C(C)C)C(N)c1cc(C)c(C)cc1C. The van der Waals surface area contributed by atoms with Crippen molar-refractivity contribution in [3.63, 3.8) is 0 Å². The van der Waals surface area contributed by atoms with Crippen molar-refractivity contribution in [2.45, 2.75) is 53.7 Å². The van der Waals surface area contributed by atoms with Gasteiger partial charge in [0.1, 0.15) is 0 Å². The summed E-state index contributed by atoms with van der Waals surface area (Å²) in [6.07, 6.45) is 0.0795. The molecule has 18 heavy (non-hydrogen) atoms. The minimum atomic E-state index is -0.0516. The quantitative estimate of drug-likeness (QED) is 0.864. The molecule has 0 spiro atoms. The van der Waals surface area contributed by atoms with Gasteiger partial charge in [-0.15, -0.1) is 0 Å². The van der Waals surface area contributed by atoms with Gasteiger partial charge in [-0.3, -0.25) is 0 Å². The predicted octanol–water partition coefficient (Wildman–Crippen LogP) is 3.67. The van der Waals surface area contributed by atoms with Crippen LogP contribution in [0.5, 0.6) is 0 Å². The first kappa shape index (κ1) is 15.2. The zero-order chi connectivity index (χ0) is 13.9. The van der Waals surface area contributed by atoms with Gasteiger partial charge in [-0.25, -0.2) is 0 Å². The third kappa shape index (κ3) is 3.33. The van der Waals surface area contributed by atoms with Gasteiger partial charge in [0.25, 0.3) is 0 Å². The van der Waals surface area contributed by atoms with Crippen LogP contribution in [0.4, 0.5) is 0 Å². The number of ether oxygens (including phenoxy) is 1. The van der Waals surface area contributed by atoms with Gasteiger partial charge in [0.05, 0.1) is 12.1 Å². The standard InChI is InChI=1S/C16H27NO/c1-7-18-16(10(2)3)15(17)14-9-12(5)11(4)8-13(14)6/h8-10,15-16H,7,17H2,1-6H3. The second-order valence-electron chi connectivity index (χ2n) is 5.48. The van der Waals surface area contributed by atoms with Crippen LogP contribution in [0.1, 0.15) is 49.1 Å². The highest BCUT2D eigenvalue weighted by Gasteiger charge is 2.24. The molecule has 2 atom stereocenters. The molecule has 0 saturated carbocycles. The molecule has 2 heteroatoms. The Hall–Kier alpha value is -0.860. The molecule has 0 aliphatic carbocycles. The molecule has 1 aromatic rings. The van der Waals surface area contributed by atoms with Gasteiger partial charge in [0.2, 0.25) is 0 Å². The number of hydrogen-bond acceptors (Lipinski definition) is 2. The van der Waals surface area contributed by atoms with E-state index in [-0.39, 0.29) is 12.1 Å². The topological polar surface area (TPSA) is 35.2 Å². The Balaban J connectivity index is 3.08. The first-order valence-corrected chi connectivity index (χ1v) is 6.83. The zero-order valence-corrected chi connectivity index (χ0v) is 12.6. The van der Waals surface area contributed by atoms with Gasteiger partial charge in [-0.1, -0.05) is 26.0 Å². The molecule has 2 unspecified atom stereocenters. The van der Waals surface area contributed by atoms with Crippen LogP contribution in [-0.4, -0.2) is 12.7 Å². The Morgan fingerprint density at radius 3 is 2.11 bits per heavy atom. The molecule has 0 aromatic heterocycles. The normalized spacial score (nSPS) is 14.9. The van der Waals surface area contributed by atoms with E-state index >= 15 is 0 Å². The van der Waals surface area contributed by atoms with E-state index in [9.17, 15) is 0 Å². The highest BCUT2D eigenvalue weighted by molar-refractivity contribution is 5.38. The van der Waals surface area contributed by atoms with E-state index in [1.165, 1.54) is 22.3 Å². The first-order valence-electron chi connectivity index (χ1n) is 6.83. The summed E-state index contributed by atoms with van der Waals surface area (Å²) in [5.41, 5.74) is 11.5. The lowest BCUT2D eigenvalue weighted by atomic mass is 9.89. The average molecular weight is 249 g/mol. The van der Waals surface area contributed by atoms with Crippen LogP contribution >= 0.6 is 0 Å². The summed E-state index contributed by atoms with van der Waals surface area (Å²) in [5.74, 6) is 0.418. The van der Waals surface area contributed by atoms with Crippen LogP contribution in [0.25, 0.3) is 0 Å². The zero-order valence-electron chi connectivity index (χ0n) is 12.6. The third-order valence-corrected chi connectivity index (χ3v) is 3.61. The Kier molecular flexibility index (Phi) is 5.36. The van der Waals surface area contributed by atoms with E-state index < -0.39 is 0 Å². The number of nitrogens with two attached hydrogens (primary N) is 1. The number of hydrogen-bond donors (Lipinski definition) is 1. The highest BCUT2D eigenvalue weighted by Crippen LogP contribution is 2.27. The van der Waals surface area contributed by atoms with Crippen LogP contribution in [0.2, 0.25) is 0 Å². The van der Waals surface area contributed by atoms with E-state index in [2.05, 4.69) is 46.8 Å². The first-order chi connectivity index (χ1) is 8.38. The number of aryl methyl sites for hydroxylation is 3. The molecule has 0 saturated heterocycles. The minimum absolute atomic E-state index is 0.0516. The van der Waals surface area contributed by atoms with Gasteiger partial charge in [-0.05, 0) is 55.9 Å². The van der Waals surface area contributed by atoms with Crippen molar-refractivity contribution >= 4 is 0 Å². The molecule has 2 nitrogen and oxygen atoms in total. The summed E-state index contributed by atoms with van der Waals surface area (Å²) in [7, 11) is 0. The molecule has 0 heterocycles. The predicted molar refractivity (Wildman–Crippen MR) is 77.8 cm³/mol. The maximum Gasteiger partial charge on any atom is 0.0790 e. The third-order valence-electron chi connectivity index (χ3n) is 3.61. The van der Waals surface area contributed by atoms with Crippen molar-refractivity contribution in [1.82, 2.24) is 0 Å². The van der Waals surface area contributed by atoms with Crippen LogP contribution in [0, 0.1) is 26.7 Å². The maximum atomic E-state index is 6.42. The van der Waals surface area contributed by atoms with Crippen molar-refractivity contribution in [2.75, 3.05) is 6.61 Å². The second kappa shape index (κ2) is 6.35. The van der Waals surface area contributed by atoms with Crippen LogP contribution in [0.3, 0.4) is 0 Å².